The van der Waals surface area contributed by atoms with Crippen molar-refractivity contribution in [3.05, 3.63) is 49.0 Å². The lowest BCUT2D eigenvalue weighted by Gasteiger charge is -2.16. The molecule has 0 aliphatic carbocycles. The third-order valence-corrected chi connectivity index (χ3v) is 3.76. The molecule has 0 aromatic rings. The number of amides is 4. The number of allylic oxidation sites excluding steroid dienone is 2. The summed E-state index contributed by atoms with van der Waals surface area (Å²) in [4.78, 5) is 48.0. The van der Waals surface area contributed by atoms with E-state index in [1.54, 1.807) is 0 Å². The van der Waals surface area contributed by atoms with E-state index in [9.17, 15) is 19.2 Å². The highest BCUT2D eigenvalue weighted by Crippen LogP contribution is 2.15. The molecule has 25 heavy (non-hydrogen) atoms. The van der Waals surface area contributed by atoms with Crippen molar-refractivity contribution in [1.29, 1.82) is 0 Å². The van der Waals surface area contributed by atoms with Gasteiger partial charge in [0.15, 0.2) is 0 Å². The first kappa shape index (κ1) is 18.4. The Labute approximate surface area is 145 Å². The minimum atomic E-state index is -0.304. The van der Waals surface area contributed by atoms with E-state index in [1.807, 2.05) is 0 Å². The van der Waals surface area contributed by atoms with Crippen LogP contribution in [0.1, 0.15) is 25.7 Å². The van der Waals surface area contributed by atoms with Crippen molar-refractivity contribution in [3.63, 3.8) is 0 Å². The maximum Gasteiger partial charge on any atom is 0.253 e. The van der Waals surface area contributed by atoms with Gasteiger partial charge in [0, 0.05) is 50.2 Å². The molecule has 0 spiro atoms. The van der Waals surface area contributed by atoms with Crippen LogP contribution in [0.5, 0.6) is 0 Å². The monoisotopic (exact) mass is 344 g/mol. The van der Waals surface area contributed by atoms with Crippen LogP contribution in [-0.4, -0.2) is 46.5 Å². The van der Waals surface area contributed by atoms with E-state index in [1.165, 1.54) is 34.1 Å². The Morgan fingerprint density at radius 3 is 1.36 bits per heavy atom. The molecule has 0 fully saturated rings. The quantitative estimate of drug-likeness (QED) is 0.442. The smallest absolute Gasteiger partial charge is 0.253 e. The number of ether oxygens (including phenoxy) is 1. The lowest BCUT2D eigenvalue weighted by molar-refractivity contribution is -0.138. The zero-order chi connectivity index (χ0) is 18.4. The van der Waals surface area contributed by atoms with Crippen LogP contribution >= 0.6 is 0 Å². The van der Waals surface area contributed by atoms with E-state index < -0.39 is 0 Å². The summed E-state index contributed by atoms with van der Waals surface area (Å²) in [6, 6.07) is 0. The van der Waals surface area contributed by atoms with Crippen molar-refractivity contribution in [2.24, 2.45) is 0 Å². The second-order valence-electron chi connectivity index (χ2n) is 5.71. The number of nitrogens with zero attached hydrogens (tertiary/aromatic N) is 2. The predicted molar refractivity (Wildman–Crippen MR) is 89.6 cm³/mol. The van der Waals surface area contributed by atoms with Crippen LogP contribution in [0.4, 0.5) is 0 Å². The highest BCUT2D eigenvalue weighted by Gasteiger charge is 2.23. The third kappa shape index (κ3) is 5.00. The average Bonchev–Trinajstić information content (AvgIpc) is 3.04. The molecule has 2 heterocycles. The summed E-state index contributed by atoms with van der Waals surface area (Å²) in [6.45, 7) is 8.20. The van der Waals surface area contributed by atoms with Crippen LogP contribution in [0, 0.1) is 0 Å². The Hall–Kier alpha value is -2.96. The molecule has 0 saturated heterocycles. The maximum absolute atomic E-state index is 11.4. The third-order valence-electron chi connectivity index (χ3n) is 3.76. The molecule has 0 N–H and O–H groups in total. The van der Waals surface area contributed by atoms with Crippen molar-refractivity contribution in [2.45, 2.75) is 25.7 Å². The van der Waals surface area contributed by atoms with Crippen LogP contribution in [0.25, 0.3) is 0 Å². The Kier molecular flexibility index (Phi) is 6.05. The number of carbonyl (C=O) groups is 4. The van der Waals surface area contributed by atoms with Gasteiger partial charge in [-0.1, -0.05) is 13.2 Å². The first-order valence-corrected chi connectivity index (χ1v) is 7.99. The Morgan fingerprint density at radius 1 is 0.720 bits per heavy atom. The van der Waals surface area contributed by atoms with Crippen LogP contribution in [0.15, 0.2) is 49.0 Å². The zero-order valence-corrected chi connectivity index (χ0v) is 13.9. The Morgan fingerprint density at radius 2 is 1.04 bits per heavy atom. The molecular formula is C18H20N2O5. The molecule has 0 saturated carbocycles. The summed E-state index contributed by atoms with van der Waals surface area (Å²) in [5, 5.41) is 0. The summed E-state index contributed by atoms with van der Waals surface area (Å²) >= 11 is 0. The molecule has 2 aliphatic rings. The van der Waals surface area contributed by atoms with Crippen LogP contribution < -0.4 is 0 Å². The topological polar surface area (TPSA) is 84.0 Å². The lowest BCUT2D eigenvalue weighted by Crippen LogP contribution is -2.31. The molecule has 0 radical (unpaired) electrons. The first-order chi connectivity index (χ1) is 11.9. The van der Waals surface area contributed by atoms with Crippen molar-refractivity contribution in [2.75, 3.05) is 13.1 Å². The standard InChI is InChI=1S/C18H20N2O5/c1-13(5-3-11-19-15(21)7-8-16(19)22)25-14(2)6-4-12-20-17(23)9-10-18(20)24/h7-10H,1-6,11-12H2. The largest absolute Gasteiger partial charge is 0.467 e. The molecule has 7 nitrogen and oxygen atoms in total. The molecule has 0 unspecified atom stereocenters. The van der Waals surface area contributed by atoms with Crippen LogP contribution in [0.2, 0.25) is 0 Å². The number of hydrogen-bond donors (Lipinski definition) is 0. The van der Waals surface area contributed by atoms with Gasteiger partial charge in [-0.25, -0.2) is 0 Å². The molecule has 0 bridgehead atoms. The molecule has 0 aromatic heterocycles. The van der Waals surface area contributed by atoms with Gasteiger partial charge < -0.3 is 4.74 Å². The fourth-order valence-electron chi connectivity index (χ4n) is 2.48. The Balaban J connectivity index is 1.59. The van der Waals surface area contributed by atoms with Crippen LogP contribution in [-0.2, 0) is 23.9 Å². The van der Waals surface area contributed by atoms with Crippen molar-refractivity contribution in [3.8, 4) is 0 Å². The van der Waals surface area contributed by atoms with Gasteiger partial charge in [0.1, 0.15) is 0 Å². The summed E-state index contributed by atoms with van der Waals surface area (Å²) in [6.07, 6.45) is 7.08. The van der Waals surface area contributed by atoms with Gasteiger partial charge in [0.25, 0.3) is 23.6 Å². The van der Waals surface area contributed by atoms with E-state index in [0.717, 1.165) is 0 Å². The van der Waals surface area contributed by atoms with Gasteiger partial charge in [-0.3, -0.25) is 29.0 Å². The molecule has 0 aromatic carbocycles. The summed E-state index contributed by atoms with van der Waals surface area (Å²) in [5.74, 6) is -0.232. The maximum atomic E-state index is 11.4. The van der Waals surface area contributed by atoms with E-state index in [0.29, 0.717) is 50.3 Å². The fraction of sp³-hybridized carbons (Fsp3) is 0.333. The first-order valence-electron chi connectivity index (χ1n) is 7.99. The second kappa shape index (κ2) is 8.23. The van der Waals surface area contributed by atoms with Gasteiger partial charge in [-0.15, -0.1) is 0 Å². The van der Waals surface area contributed by atoms with Gasteiger partial charge in [0.2, 0.25) is 0 Å². The molecule has 7 heteroatoms. The molecule has 2 rings (SSSR count). The van der Waals surface area contributed by atoms with Crippen LogP contribution in [0.3, 0.4) is 0 Å². The molecule has 0 atom stereocenters. The predicted octanol–water partition coefficient (Wildman–Crippen LogP) is 1.44. The van der Waals surface area contributed by atoms with Crippen molar-refractivity contribution in [1.82, 2.24) is 9.80 Å². The number of hydrogen-bond acceptors (Lipinski definition) is 5. The van der Waals surface area contributed by atoms with Gasteiger partial charge >= 0.3 is 0 Å². The number of rotatable bonds is 10. The van der Waals surface area contributed by atoms with E-state index in [-0.39, 0.29) is 23.6 Å². The molecule has 4 amide bonds. The van der Waals surface area contributed by atoms with E-state index >= 15 is 0 Å². The normalized spacial score (nSPS) is 16.3. The average molecular weight is 344 g/mol. The SMILES string of the molecule is C=C(CCCN1C(=O)C=CC1=O)OC(=C)CCCN1C(=O)C=CC1=O. The lowest BCUT2D eigenvalue weighted by atomic mass is 10.2. The summed E-state index contributed by atoms with van der Waals surface area (Å²) < 4.78 is 5.49. The summed E-state index contributed by atoms with van der Waals surface area (Å²) in [5.41, 5.74) is 0. The number of imide groups is 2. The molecule has 132 valence electrons. The zero-order valence-electron chi connectivity index (χ0n) is 13.9. The minimum Gasteiger partial charge on any atom is -0.467 e. The van der Waals surface area contributed by atoms with E-state index in [4.69, 9.17) is 4.74 Å². The van der Waals surface area contributed by atoms with Gasteiger partial charge in [-0.2, -0.15) is 0 Å². The van der Waals surface area contributed by atoms with Gasteiger partial charge in [0.05, 0.1) is 11.5 Å². The van der Waals surface area contributed by atoms with Crippen molar-refractivity contribution < 1.29 is 23.9 Å². The highest BCUT2D eigenvalue weighted by atomic mass is 16.5. The Bertz CT molecular complexity index is 596. The highest BCUT2D eigenvalue weighted by molar-refractivity contribution is 6.13. The number of carbonyl (C=O) groups excluding carboxylic acids is 4. The van der Waals surface area contributed by atoms with Crippen molar-refractivity contribution >= 4 is 23.6 Å². The summed E-state index contributed by atoms with van der Waals surface area (Å²) in [7, 11) is 0. The van der Waals surface area contributed by atoms with Gasteiger partial charge in [-0.05, 0) is 12.8 Å². The fourth-order valence-corrected chi connectivity index (χ4v) is 2.48. The molecular weight excluding hydrogens is 324 g/mol. The molecule has 2 aliphatic heterocycles. The van der Waals surface area contributed by atoms with E-state index in [2.05, 4.69) is 13.2 Å². The second-order valence-corrected chi connectivity index (χ2v) is 5.71. The minimum absolute atomic E-state index is 0.304.